The van der Waals surface area contributed by atoms with Gasteiger partial charge in [-0.05, 0) is 37.1 Å². The van der Waals surface area contributed by atoms with Crippen molar-refractivity contribution in [3.63, 3.8) is 0 Å². The summed E-state index contributed by atoms with van der Waals surface area (Å²) in [4.78, 5) is 38.3. The first-order valence-corrected chi connectivity index (χ1v) is 9.49. The number of rotatable bonds is 5. The van der Waals surface area contributed by atoms with E-state index in [1.807, 2.05) is 0 Å². The minimum atomic E-state index is -0.518. The highest BCUT2D eigenvalue weighted by molar-refractivity contribution is 6.05. The molecule has 0 spiro atoms. The highest BCUT2D eigenvalue weighted by atomic mass is 19.1. The summed E-state index contributed by atoms with van der Waals surface area (Å²) in [6, 6.07) is 6.01. The molecule has 2 atom stereocenters. The average Bonchev–Trinajstić information content (AvgIpc) is 3.29. The number of likely N-dealkylation sites (tertiary alicyclic amines) is 1. The lowest BCUT2D eigenvalue weighted by molar-refractivity contribution is -0.140. The Morgan fingerprint density at radius 3 is 2.50 bits per heavy atom. The van der Waals surface area contributed by atoms with E-state index in [0.29, 0.717) is 5.69 Å². The molecule has 146 valence electrons. The Balaban J connectivity index is 1.35. The van der Waals surface area contributed by atoms with Gasteiger partial charge in [0.1, 0.15) is 5.69 Å². The number of aromatic nitrogens is 2. The molecule has 1 aliphatic heterocycles. The van der Waals surface area contributed by atoms with Crippen LogP contribution < -0.4 is 5.32 Å². The van der Waals surface area contributed by atoms with Crippen molar-refractivity contribution in [1.82, 2.24) is 14.7 Å². The topological polar surface area (TPSA) is 84.3 Å². The van der Waals surface area contributed by atoms with Gasteiger partial charge in [0.15, 0.2) is 5.82 Å². The van der Waals surface area contributed by atoms with Crippen molar-refractivity contribution >= 4 is 23.4 Å². The maximum Gasteiger partial charge on any atom is 0.233 e. The van der Waals surface area contributed by atoms with Gasteiger partial charge in [-0.3, -0.25) is 19.3 Å². The Morgan fingerprint density at radius 2 is 1.89 bits per heavy atom. The third-order valence-electron chi connectivity index (χ3n) is 5.48. The monoisotopic (exact) mass is 384 g/mol. The van der Waals surface area contributed by atoms with Crippen LogP contribution in [0.15, 0.2) is 36.7 Å². The van der Waals surface area contributed by atoms with E-state index < -0.39 is 5.82 Å². The molecule has 1 N–H and O–H groups in total. The predicted octanol–water partition coefficient (Wildman–Crippen LogP) is 2.52. The molecule has 0 bridgehead atoms. The summed E-state index contributed by atoms with van der Waals surface area (Å²) in [5.74, 6) is -1.63. The van der Waals surface area contributed by atoms with Crippen molar-refractivity contribution in [2.75, 3.05) is 11.9 Å². The molecule has 2 unspecified atom stereocenters. The Labute approximate surface area is 161 Å². The van der Waals surface area contributed by atoms with Crippen LogP contribution >= 0.6 is 0 Å². The molecule has 1 saturated heterocycles. The third kappa shape index (κ3) is 3.42. The second-order valence-corrected chi connectivity index (χ2v) is 7.24. The van der Waals surface area contributed by atoms with Crippen molar-refractivity contribution in [3.05, 3.63) is 42.5 Å². The molecule has 1 aromatic carbocycles. The fourth-order valence-electron chi connectivity index (χ4n) is 4.07. The van der Waals surface area contributed by atoms with E-state index in [4.69, 9.17) is 0 Å². The first kappa shape index (κ1) is 18.3. The molecule has 3 amide bonds. The lowest BCUT2D eigenvalue weighted by Gasteiger charge is -2.19. The number of imide groups is 1. The van der Waals surface area contributed by atoms with Crippen molar-refractivity contribution < 1.29 is 18.8 Å². The summed E-state index contributed by atoms with van der Waals surface area (Å²) in [6.07, 6.45) is 6.59. The van der Waals surface area contributed by atoms with Crippen LogP contribution in [0.3, 0.4) is 0 Å². The normalized spacial score (nSPS) is 21.7. The zero-order valence-corrected chi connectivity index (χ0v) is 15.3. The molecule has 2 heterocycles. The minimum Gasteiger partial charge on any atom is -0.326 e. The zero-order valence-electron chi connectivity index (χ0n) is 15.3. The van der Waals surface area contributed by atoms with Crippen LogP contribution in [-0.2, 0) is 14.4 Å². The molecular formula is C20H21FN4O3. The number of hydrogen-bond acceptors (Lipinski definition) is 4. The number of halogens is 1. The maximum absolute atomic E-state index is 14.3. The van der Waals surface area contributed by atoms with Gasteiger partial charge >= 0.3 is 0 Å². The van der Waals surface area contributed by atoms with Crippen LogP contribution in [-0.4, -0.2) is 38.9 Å². The standard InChI is InChI=1S/C20H21FN4O3/c21-16-12-13(6-7-17(16)25-10-3-9-22-25)23-18(26)8-11-24-19(27)14-4-1-2-5-15(14)20(24)28/h3,6-7,9-10,12,14-15H,1-2,4-5,8,11H2,(H,23,26). The van der Waals surface area contributed by atoms with E-state index >= 15 is 0 Å². The van der Waals surface area contributed by atoms with Crippen molar-refractivity contribution in [1.29, 1.82) is 0 Å². The second-order valence-electron chi connectivity index (χ2n) is 7.24. The van der Waals surface area contributed by atoms with Crippen LogP contribution in [0.5, 0.6) is 0 Å². The van der Waals surface area contributed by atoms with Crippen LogP contribution in [0, 0.1) is 17.7 Å². The van der Waals surface area contributed by atoms with Gasteiger partial charge in [-0.25, -0.2) is 9.07 Å². The van der Waals surface area contributed by atoms with E-state index in [1.165, 1.54) is 21.7 Å². The van der Waals surface area contributed by atoms with Crippen molar-refractivity contribution in [3.8, 4) is 5.69 Å². The Morgan fingerprint density at radius 1 is 1.18 bits per heavy atom. The number of amides is 3. The summed E-state index contributed by atoms with van der Waals surface area (Å²) >= 11 is 0. The third-order valence-corrected chi connectivity index (χ3v) is 5.48. The van der Waals surface area contributed by atoms with E-state index in [2.05, 4.69) is 10.4 Å². The lowest BCUT2D eigenvalue weighted by Crippen LogP contribution is -2.34. The first-order valence-electron chi connectivity index (χ1n) is 9.49. The van der Waals surface area contributed by atoms with E-state index in [1.54, 1.807) is 24.5 Å². The van der Waals surface area contributed by atoms with E-state index in [9.17, 15) is 18.8 Å². The molecule has 1 aromatic heterocycles. The minimum absolute atomic E-state index is 0.0144. The van der Waals surface area contributed by atoms with Crippen molar-refractivity contribution in [2.45, 2.75) is 32.1 Å². The van der Waals surface area contributed by atoms with Gasteiger partial charge in [-0.15, -0.1) is 0 Å². The fraction of sp³-hybridized carbons (Fsp3) is 0.400. The summed E-state index contributed by atoms with van der Waals surface area (Å²) in [7, 11) is 0. The first-order chi connectivity index (χ1) is 13.5. The smallest absolute Gasteiger partial charge is 0.233 e. The van der Waals surface area contributed by atoms with Gasteiger partial charge in [0.2, 0.25) is 17.7 Å². The van der Waals surface area contributed by atoms with Gasteiger partial charge in [0.25, 0.3) is 0 Å². The average molecular weight is 384 g/mol. The SMILES string of the molecule is O=C(CCN1C(=O)C2CCCCC2C1=O)Nc1ccc(-n2cccn2)c(F)c1. The van der Waals surface area contributed by atoms with E-state index in [-0.39, 0.29) is 48.2 Å². The van der Waals surface area contributed by atoms with Crippen LogP contribution in [0.1, 0.15) is 32.1 Å². The summed E-state index contributed by atoms with van der Waals surface area (Å²) < 4.78 is 15.7. The highest BCUT2D eigenvalue weighted by Gasteiger charge is 2.47. The van der Waals surface area contributed by atoms with E-state index in [0.717, 1.165) is 25.7 Å². The van der Waals surface area contributed by atoms with Gasteiger partial charge in [-0.1, -0.05) is 12.8 Å². The van der Waals surface area contributed by atoms with Crippen molar-refractivity contribution in [2.24, 2.45) is 11.8 Å². The molecule has 7 nitrogen and oxygen atoms in total. The quantitative estimate of drug-likeness (QED) is 0.803. The number of hydrogen-bond donors (Lipinski definition) is 1. The number of nitrogens with one attached hydrogen (secondary N) is 1. The fourth-order valence-corrected chi connectivity index (χ4v) is 4.07. The Bertz CT molecular complexity index is 888. The van der Waals surface area contributed by atoms with Gasteiger partial charge < -0.3 is 5.32 Å². The number of carbonyl (C=O) groups is 3. The molecule has 28 heavy (non-hydrogen) atoms. The zero-order chi connectivity index (χ0) is 19.7. The molecule has 4 rings (SSSR count). The van der Waals surface area contributed by atoms with Gasteiger partial charge in [0.05, 0.1) is 11.8 Å². The molecule has 8 heteroatoms. The lowest BCUT2D eigenvalue weighted by atomic mass is 9.81. The summed E-state index contributed by atoms with van der Waals surface area (Å²) in [5, 5.41) is 6.59. The molecule has 2 aromatic rings. The second kappa shape index (κ2) is 7.53. The predicted molar refractivity (Wildman–Crippen MR) is 98.9 cm³/mol. The highest BCUT2D eigenvalue weighted by Crippen LogP contribution is 2.38. The number of fused-ring (bicyclic) bond motifs is 1. The number of anilines is 1. The number of nitrogens with zero attached hydrogens (tertiary/aromatic N) is 3. The molecule has 2 aliphatic rings. The largest absolute Gasteiger partial charge is 0.326 e. The molecular weight excluding hydrogens is 363 g/mol. The van der Waals surface area contributed by atoms with Gasteiger partial charge in [0, 0.05) is 31.0 Å². The van der Waals surface area contributed by atoms with Crippen LogP contribution in [0.2, 0.25) is 0 Å². The summed E-state index contributed by atoms with van der Waals surface area (Å²) in [6.45, 7) is 0.0599. The van der Waals surface area contributed by atoms with Gasteiger partial charge in [-0.2, -0.15) is 5.10 Å². The number of benzene rings is 1. The summed E-state index contributed by atoms with van der Waals surface area (Å²) in [5.41, 5.74) is 0.588. The van der Waals surface area contributed by atoms with Crippen LogP contribution in [0.25, 0.3) is 5.69 Å². The Hall–Kier alpha value is -3.03. The molecule has 1 aliphatic carbocycles. The molecule has 2 fully saturated rings. The number of carbonyl (C=O) groups excluding carboxylic acids is 3. The Kier molecular flexibility index (Phi) is 4.93. The molecule has 1 saturated carbocycles. The molecule has 0 radical (unpaired) electrons. The van der Waals surface area contributed by atoms with Crippen LogP contribution in [0.4, 0.5) is 10.1 Å². The maximum atomic E-state index is 14.3.